The zero-order valence-electron chi connectivity index (χ0n) is 12.7. The fourth-order valence-electron chi connectivity index (χ4n) is 2.97. The lowest BCUT2D eigenvalue weighted by atomic mass is 9.89. The van der Waals surface area contributed by atoms with Crippen LogP contribution in [0, 0.1) is 0 Å². The summed E-state index contributed by atoms with van der Waals surface area (Å²) in [6.07, 6.45) is -2.28. The summed E-state index contributed by atoms with van der Waals surface area (Å²) in [5, 5.41) is 3.35. The lowest BCUT2D eigenvalue weighted by molar-refractivity contribution is -0.137. The van der Waals surface area contributed by atoms with E-state index < -0.39 is 11.7 Å². The number of hydrogen-bond acceptors (Lipinski definition) is 1. The fraction of sp³-hybridized carbons (Fsp3) is 0.263. The van der Waals surface area contributed by atoms with Crippen molar-refractivity contribution in [2.45, 2.75) is 19.0 Å². The lowest BCUT2D eigenvalue weighted by Crippen LogP contribution is -2.24. The summed E-state index contributed by atoms with van der Waals surface area (Å²) in [6, 6.07) is 15.3. The molecule has 1 fully saturated rings. The molecule has 2 aromatic carbocycles. The largest absolute Gasteiger partial charge is 0.416 e. The van der Waals surface area contributed by atoms with Crippen LogP contribution in [0.1, 0.15) is 29.5 Å². The quantitative estimate of drug-likeness (QED) is 0.831. The van der Waals surface area contributed by atoms with E-state index in [9.17, 15) is 13.2 Å². The van der Waals surface area contributed by atoms with E-state index in [1.807, 2.05) is 30.3 Å². The summed E-state index contributed by atoms with van der Waals surface area (Å²) >= 11 is 0. The number of benzene rings is 2. The Bertz CT molecular complexity index is 677. The predicted molar refractivity (Wildman–Crippen MR) is 86.0 cm³/mol. The van der Waals surface area contributed by atoms with E-state index in [-0.39, 0.29) is 0 Å². The molecule has 0 saturated carbocycles. The summed E-state index contributed by atoms with van der Waals surface area (Å²) in [6.45, 7) is 1.77. The van der Waals surface area contributed by atoms with Gasteiger partial charge in [0.15, 0.2) is 0 Å². The van der Waals surface area contributed by atoms with Crippen LogP contribution in [-0.2, 0) is 6.18 Å². The van der Waals surface area contributed by atoms with Crippen molar-refractivity contribution in [2.24, 2.45) is 0 Å². The van der Waals surface area contributed by atoms with Crippen LogP contribution in [0.3, 0.4) is 0 Å². The molecule has 0 atom stereocenters. The first-order chi connectivity index (χ1) is 11.1. The summed E-state index contributed by atoms with van der Waals surface area (Å²) in [5.41, 5.74) is 3.57. The maximum Gasteiger partial charge on any atom is 0.416 e. The third-order valence-corrected chi connectivity index (χ3v) is 4.09. The van der Waals surface area contributed by atoms with Crippen molar-refractivity contribution in [3.63, 3.8) is 0 Å². The normalized spacial score (nSPS) is 17.9. The van der Waals surface area contributed by atoms with E-state index in [4.69, 9.17) is 0 Å². The van der Waals surface area contributed by atoms with Crippen molar-refractivity contribution in [1.82, 2.24) is 5.32 Å². The Labute approximate surface area is 133 Å². The first-order valence-corrected chi connectivity index (χ1v) is 7.71. The maximum atomic E-state index is 12.8. The van der Waals surface area contributed by atoms with E-state index in [1.54, 1.807) is 12.1 Å². The highest BCUT2D eigenvalue weighted by Gasteiger charge is 2.30. The van der Waals surface area contributed by atoms with Gasteiger partial charge in [0.25, 0.3) is 0 Å². The summed E-state index contributed by atoms with van der Waals surface area (Å²) in [7, 11) is 0. The highest BCUT2D eigenvalue weighted by Crippen LogP contribution is 2.33. The molecule has 120 valence electrons. The molecule has 4 heteroatoms. The molecule has 1 saturated heterocycles. The number of rotatable bonds is 2. The molecule has 23 heavy (non-hydrogen) atoms. The third-order valence-electron chi connectivity index (χ3n) is 4.09. The van der Waals surface area contributed by atoms with E-state index >= 15 is 0 Å². The minimum absolute atomic E-state index is 0.611. The van der Waals surface area contributed by atoms with E-state index in [1.165, 1.54) is 5.57 Å². The van der Waals surface area contributed by atoms with E-state index in [0.717, 1.165) is 54.8 Å². The number of piperidine rings is 1. The fourth-order valence-corrected chi connectivity index (χ4v) is 2.97. The van der Waals surface area contributed by atoms with Gasteiger partial charge in [-0.25, -0.2) is 0 Å². The van der Waals surface area contributed by atoms with E-state index in [2.05, 4.69) is 5.32 Å². The Morgan fingerprint density at radius 3 is 2.09 bits per heavy atom. The van der Waals surface area contributed by atoms with Crippen LogP contribution >= 0.6 is 0 Å². The Kier molecular flexibility index (Phi) is 4.53. The van der Waals surface area contributed by atoms with E-state index in [0.29, 0.717) is 0 Å². The molecule has 1 aliphatic rings. The Balaban J connectivity index is 2.06. The van der Waals surface area contributed by atoms with Crippen molar-refractivity contribution in [1.29, 1.82) is 0 Å². The average molecular weight is 317 g/mol. The minimum atomic E-state index is -4.30. The molecule has 0 spiro atoms. The molecule has 0 unspecified atom stereocenters. The molecule has 0 aromatic heterocycles. The Hall–Kier alpha value is -2.07. The number of hydrogen-bond donors (Lipinski definition) is 1. The van der Waals surface area contributed by atoms with Crippen LogP contribution in [0.4, 0.5) is 13.2 Å². The highest BCUT2D eigenvalue weighted by atomic mass is 19.4. The van der Waals surface area contributed by atoms with Crippen molar-refractivity contribution < 1.29 is 13.2 Å². The number of alkyl halides is 3. The highest BCUT2D eigenvalue weighted by molar-refractivity contribution is 5.82. The topological polar surface area (TPSA) is 12.0 Å². The zero-order chi connectivity index (χ0) is 16.3. The van der Waals surface area contributed by atoms with Crippen molar-refractivity contribution in [3.05, 3.63) is 76.9 Å². The molecule has 0 radical (unpaired) electrons. The molecule has 1 aliphatic heterocycles. The zero-order valence-corrected chi connectivity index (χ0v) is 12.7. The molecule has 1 nitrogen and oxygen atoms in total. The van der Waals surface area contributed by atoms with Crippen LogP contribution in [0.15, 0.2) is 60.2 Å². The number of halogens is 3. The molecule has 0 bridgehead atoms. The first-order valence-electron chi connectivity index (χ1n) is 7.71. The van der Waals surface area contributed by atoms with Gasteiger partial charge in [-0.3, -0.25) is 0 Å². The SMILES string of the molecule is FC(F)(F)c1ccc(/C(=C2\CCCNC2)c2ccccc2)cc1. The molecule has 2 aromatic rings. The third kappa shape index (κ3) is 3.64. The lowest BCUT2D eigenvalue weighted by Gasteiger charge is -2.21. The van der Waals surface area contributed by atoms with Gasteiger partial charge >= 0.3 is 6.18 Å². The summed E-state index contributed by atoms with van der Waals surface area (Å²) in [5.74, 6) is 0. The van der Waals surface area contributed by atoms with Gasteiger partial charge in [0.1, 0.15) is 0 Å². The van der Waals surface area contributed by atoms with Gasteiger partial charge in [0, 0.05) is 6.54 Å². The standard InChI is InChI=1S/C19H18F3N/c20-19(21,22)17-10-8-15(9-11-17)18(14-5-2-1-3-6-14)16-7-4-12-23-13-16/h1-3,5-6,8-11,23H,4,7,12-13H2/b18-16+. The summed E-state index contributed by atoms with van der Waals surface area (Å²) in [4.78, 5) is 0. The van der Waals surface area contributed by atoms with Gasteiger partial charge in [-0.05, 0) is 53.8 Å². The molecule has 0 aliphatic carbocycles. The van der Waals surface area contributed by atoms with Crippen LogP contribution in [0.25, 0.3) is 5.57 Å². The van der Waals surface area contributed by atoms with Crippen LogP contribution in [-0.4, -0.2) is 13.1 Å². The molecular weight excluding hydrogens is 299 g/mol. The molecule has 1 N–H and O–H groups in total. The van der Waals surface area contributed by atoms with Gasteiger partial charge in [0.2, 0.25) is 0 Å². The Morgan fingerprint density at radius 2 is 1.52 bits per heavy atom. The number of nitrogens with one attached hydrogen (secondary N) is 1. The smallest absolute Gasteiger partial charge is 0.313 e. The molecule has 3 rings (SSSR count). The predicted octanol–water partition coefficient (Wildman–Crippen LogP) is 4.89. The van der Waals surface area contributed by atoms with Gasteiger partial charge in [0.05, 0.1) is 5.56 Å². The van der Waals surface area contributed by atoms with Crippen LogP contribution < -0.4 is 5.32 Å². The monoisotopic (exact) mass is 317 g/mol. The van der Waals surface area contributed by atoms with Crippen LogP contribution in [0.2, 0.25) is 0 Å². The average Bonchev–Trinajstić information content (AvgIpc) is 2.57. The first kappa shape index (κ1) is 15.8. The van der Waals surface area contributed by atoms with Crippen LogP contribution in [0.5, 0.6) is 0 Å². The van der Waals surface area contributed by atoms with Gasteiger partial charge < -0.3 is 5.32 Å². The second-order valence-corrected chi connectivity index (χ2v) is 5.70. The van der Waals surface area contributed by atoms with Crippen molar-refractivity contribution >= 4 is 5.57 Å². The summed E-state index contributed by atoms with van der Waals surface area (Å²) < 4.78 is 38.3. The second-order valence-electron chi connectivity index (χ2n) is 5.70. The van der Waals surface area contributed by atoms with Gasteiger partial charge in [-0.1, -0.05) is 42.5 Å². The molecule has 0 amide bonds. The second kappa shape index (κ2) is 6.59. The van der Waals surface area contributed by atoms with Gasteiger partial charge in [-0.15, -0.1) is 0 Å². The molecule has 1 heterocycles. The maximum absolute atomic E-state index is 12.8. The van der Waals surface area contributed by atoms with Crippen molar-refractivity contribution in [2.75, 3.05) is 13.1 Å². The molecular formula is C19H18F3N. The van der Waals surface area contributed by atoms with Gasteiger partial charge in [-0.2, -0.15) is 13.2 Å². The Morgan fingerprint density at radius 1 is 0.870 bits per heavy atom. The van der Waals surface area contributed by atoms with Crippen molar-refractivity contribution in [3.8, 4) is 0 Å². The minimum Gasteiger partial charge on any atom is -0.313 e.